The minimum absolute atomic E-state index is 0.0242. The van der Waals surface area contributed by atoms with E-state index in [1.807, 2.05) is 6.21 Å². The van der Waals surface area contributed by atoms with Crippen molar-refractivity contribution in [3.63, 3.8) is 0 Å². The molecule has 1 N–H and O–H groups in total. The fourth-order valence-corrected chi connectivity index (χ4v) is 1.41. The first-order valence-electron chi connectivity index (χ1n) is 6.21. The molecule has 3 heteroatoms. The Balaban J connectivity index is 3.48. The quantitative estimate of drug-likeness (QED) is 0.319. The predicted molar refractivity (Wildman–Crippen MR) is 66.0 cm³/mol. The van der Waals surface area contributed by atoms with Crippen molar-refractivity contribution in [1.29, 1.82) is 5.53 Å². The van der Waals surface area contributed by atoms with Gasteiger partial charge in [0, 0.05) is 12.8 Å². The van der Waals surface area contributed by atoms with Crippen molar-refractivity contribution in [1.82, 2.24) is 0 Å². The maximum atomic E-state index is 7.02. The molecule has 0 aliphatic carbocycles. The lowest BCUT2D eigenvalue weighted by atomic mass is 10.1. The molecule has 0 spiro atoms. The number of hydrogen-bond acceptors (Lipinski definition) is 3. The molecule has 0 aromatic heterocycles. The van der Waals surface area contributed by atoms with Crippen molar-refractivity contribution in [2.45, 2.75) is 64.8 Å². The summed E-state index contributed by atoms with van der Waals surface area (Å²) in [6.07, 6.45) is 10.1. The van der Waals surface area contributed by atoms with Gasteiger partial charge in [-0.25, -0.2) is 5.53 Å². The highest BCUT2D eigenvalue weighted by Crippen LogP contribution is 2.03. The number of nitrogens with zero attached hydrogens (tertiary/aromatic N) is 2. The highest BCUT2D eigenvalue weighted by Gasteiger charge is 2.00. The normalized spacial score (nSPS) is 13.2. The van der Waals surface area contributed by atoms with E-state index in [2.05, 4.69) is 24.0 Å². The summed E-state index contributed by atoms with van der Waals surface area (Å²) in [6, 6.07) is 0.0242. The Morgan fingerprint density at radius 1 is 1.07 bits per heavy atom. The third-order valence-corrected chi connectivity index (χ3v) is 2.44. The van der Waals surface area contributed by atoms with Crippen LogP contribution >= 0.6 is 0 Å². The molecule has 0 bridgehead atoms. The standard InChI is InChI=1S/C12H25N3/c1-3-5-7-8-10-14-11-12(15-13)9-6-4-2/h11-13H,3-10H2,1-2H3. The van der Waals surface area contributed by atoms with Crippen molar-refractivity contribution < 1.29 is 0 Å². The van der Waals surface area contributed by atoms with Gasteiger partial charge in [0.2, 0.25) is 0 Å². The third-order valence-electron chi connectivity index (χ3n) is 2.44. The van der Waals surface area contributed by atoms with Gasteiger partial charge in [0.1, 0.15) is 6.04 Å². The van der Waals surface area contributed by atoms with Crippen LogP contribution in [0.25, 0.3) is 0 Å². The topological polar surface area (TPSA) is 48.6 Å². The Labute approximate surface area is 93.9 Å². The summed E-state index contributed by atoms with van der Waals surface area (Å²) in [7, 11) is 0. The van der Waals surface area contributed by atoms with E-state index in [4.69, 9.17) is 5.53 Å². The molecule has 0 fully saturated rings. The first kappa shape index (κ1) is 14.3. The van der Waals surface area contributed by atoms with Crippen molar-refractivity contribution >= 4 is 6.21 Å². The van der Waals surface area contributed by atoms with E-state index in [-0.39, 0.29) is 6.04 Å². The third kappa shape index (κ3) is 9.57. The lowest BCUT2D eigenvalue weighted by Crippen LogP contribution is -2.05. The molecule has 0 heterocycles. The van der Waals surface area contributed by atoms with Gasteiger partial charge in [0.15, 0.2) is 0 Å². The summed E-state index contributed by atoms with van der Waals surface area (Å²) in [5, 5.41) is 3.56. The van der Waals surface area contributed by atoms with Crippen molar-refractivity contribution in [3.8, 4) is 0 Å². The molecule has 0 aromatic carbocycles. The van der Waals surface area contributed by atoms with Crippen LogP contribution in [0.4, 0.5) is 0 Å². The van der Waals surface area contributed by atoms with Gasteiger partial charge >= 0.3 is 0 Å². The van der Waals surface area contributed by atoms with Crippen LogP contribution in [0.2, 0.25) is 0 Å². The molecule has 0 amide bonds. The van der Waals surface area contributed by atoms with Crippen LogP contribution in [0.15, 0.2) is 10.1 Å². The predicted octanol–water partition coefficient (Wildman–Crippen LogP) is 4.23. The molecule has 88 valence electrons. The largest absolute Gasteiger partial charge is 0.295 e. The Morgan fingerprint density at radius 3 is 2.40 bits per heavy atom. The van der Waals surface area contributed by atoms with Crippen LogP contribution < -0.4 is 0 Å². The Morgan fingerprint density at radius 2 is 1.80 bits per heavy atom. The summed E-state index contributed by atoms with van der Waals surface area (Å²) in [6.45, 7) is 5.27. The van der Waals surface area contributed by atoms with Gasteiger partial charge in [-0.1, -0.05) is 46.0 Å². The van der Waals surface area contributed by atoms with Gasteiger partial charge in [-0.3, -0.25) is 4.99 Å². The average molecular weight is 211 g/mol. The SMILES string of the molecule is CCCCCCN=CC(CCCC)N=N. The van der Waals surface area contributed by atoms with E-state index < -0.39 is 0 Å². The van der Waals surface area contributed by atoms with Crippen LogP contribution in [0.1, 0.15) is 58.8 Å². The smallest absolute Gasteiger partial charge is 0.105 e. The molecule has 0 saturated heterocycles. The van der Waals surface area contributed by atoms with E-state index in [0.29, 0.717) is 0 Å². The lowest BCUT2D eigenvalue weighted by Gasteiger charge is -2.02. The fraction of sp³-hybridized carbons (Fsp3) is 0.917. The molecule has 0 aromatic rings. The van der Waals surface area contributed by atoms with Gasteiger partial charge in [-0.05, 0) is 12.8 Å². The van der Waals surface area contributed by atoms with E-state index >= 15 is 0 Å². The number of unbranched alkanes of at least 4 members (excludes halogenated alkanes) is 4. The summed E-state index contributed by atoms with van der Waals surface area (Å²) in [5.41, 5.74) is 7.02. The second-order valence-electron chi connectivity index (χ2n) is 3.95. The zero-order valence-electron chi connectivity index (χ0n) is 10.2. The molecule has 0 rings (SSSR count). The molecule has 15 heavy (non-hydrogen) atoms. The summed E-state index contributed by atoms with van der Waals surface area (Å²) in [5.74, 6) is 0. The van der Waals surface area contributed by atoms with E-state index in [1.165, 1.54) is 25.7 Å². The molecule has 0 aliphatic rings. The number of nitrogens with one attached hydrogen (secondary N) is 1. The van der Waals surface area contributed by atoms with Crippen molar-refractivity contribution in [2.75, 3.05) is 6.54 Å². The van der Waals surface area contributed by atoms with Crippen LogP contribution in [-0.4, -0.2) is 18.8 Å². The number of hydrogen-bond donors (Lipinski definition) is 1. The summed E-state index contributed by atoms with van der Waals surface area (Å²) < 4.78 is 0. The Bertz CT molecular complexity index is 166. The van der Waals surface area contributed by atoms with Gasteiger partial charge in [0.05, 0.1) is 0 Å². The molecule has 0 radical (unpaired) electrons. The lowest BCUT2D eigenvalue weighted by molar-refractivity contribution is 0.646. The monoisotopic (exact) mass is 211 g/mol. The number of rotatable bonds is 10. The molecule has 0 saturated carbocycles. The van der Waals surface area contributed by atoms with E-state index in [9.17, 15) is 0 Å². The highest BCUT2D eigenvalue weighted by molar-refractivity contribution is 5.64. The summed E-state index contributed by atoms with van der Waals surface area (Å²) in [4.78, 5) is 4.33. The first-order chi connectivity index (χ1) is 7.35. The average Bonchev–Trinajstić information content (AvgIpc) is 2.27. The molecule has 1 atom stereocenters. The highest BCUT2D eigenvalue weighted by atomic mass is 15.0. The van der Waals surface area contributed by atoms with Crippen LogP contribution in [-0.2, 0) is 0 Å². The zero-order chi connectivity index (χ0) is 11.4. The fourth-order valence-electron chi connectivity index (χ4n) is 1.41. The minimum Gasteiger partial charge on any atom is -0.295 e. The Hall–Kier alpha value is -0.730. The second-order valence-corrected chi connectivity index (χ2v) is 3.95. The van der Waals surface area contributed by atoms with Crippen LogP contribution in [0, 0.1) is 5.53 Å². The van der Waals surface area contributed by atoms with Gasteiger partial charge < -0.3 is 0 Å². The van der Waals surface area contributed by atoms with Crippen LogP contribution in [0.5, 0.6) is 0 Å². The van der Waals surface area contributed by atoms with E-state index in [0.717, 1.165) is 25.8 Å². The maximum Gasteiger partial charge on any atom is 0.105 e. The molecule has 0 aliphatic heterocycles. The van der Waals surface area contributed by atoms with Gasteiger partial charge in [0.25, 0.3) is 0 Å². The van der Waals surface area contributed by atoms with Gasteiger partial charge in [-0.2, -0.15) is 5.11 Å². The minimum atomic E-state index is 0.0242. The molecule has 1 unspecified atom stereocenters. The van der Waals surface area contributed by atoms with Gasteiger partial charge in [-0.15, -0.1) is 0 Å². The first-order valence-corrected chi connectivity index (χ1v) is 6.21. The second kappa shape index (κ2) is 11.3. The summed E-state index contributed by atoms with van der Waals surface area (Å²) >= 11 is 0. The van der Waals surface area contributed by atoms with Crippen LogP contribution in [0.3, 0.4) is 0 Å². The molecule has 3 nitrogen and oxygen atoms in total. The maximum absolute atomic E-state index is 7.02. The Kier molecular flexibility index (Phi) is 10.8. The molecular formula is C12H25N3. The van der Waals surface area contributed by atoms with Crippen molar-refractivity contribution in [3.05, 3.63) is 0 Å². The van der Waals surface area contributed by atoms with E-state index in [1.54, 1.807) is 0 Å². The number of aliphatic imine (C=N–C) groups is 1. The molecular weight excluding hydrogens is 186 g/mol. The zero-order valence-corrected chi connectivity index (χ0v) is 10.2. The van der Waals surface area contributed by atoms with Crippen molar-refractivity contribution in [2.24, 2.45) is 10.1 Å².